The number of rotatable bonds is 12. The predicted octanol–water partition coefficient (Wildman–Crippen LogP) is 8.22. The molecular weight excluding hydrogens is 547 g/mol. The number of benzene rings is 2. The van der Waals surface area contributed by atoms with Crippen LogP contribution in [0.3, 0.4) is 0 Å². The van der Waals surface area contributed by atoms with E-state index in [9.17, 15) is 28.4 Å². The van der Waals surface area contributed by atoms with Crippen LogP contribution in [0.15, 0.2) is 58.3 Å². The van der Waals surface area contributed by atoms with Gasteiger partial charge in [-0.1, -0.05) is 39.5 Å². The Morgan fingerprint density at radius 2 is 1.82 bits per heavy atom. The van der Waals surface area contributed by atoms with Crippen molar-refractivity contribution in [3.05, 3.63) is 58.6 Å². The molecule has 1 aliphatic heterocycles. The lowest BCUT2D eigenvalue weighted by Crippen LogP contribution is -2.37. The van der Waals surface area contributed by atoms with Crippen LogP contribution in [-0.4, -0.2) is 43.7 Å². The molecule has 214 valence electrons. The van der Waals surface area contributed by atoms with Crippen molar-refractivity contribution in [2.45, 2.75) is 62.2 Å². The Morgan fingerprint density at radius 1 is 1.21 bits per heavy atom. The monoisotopic (exact) mass is 582 g/mol. The van der Waals surface area contributed by atoms with Crippen molar-refractivity contribution < 1.29 is 33.1 Å². The highest BCUT2D eigenvalue weighted by atomic mass is 32.3. The van der Waals surface area contributed by atoms with Crippen LogP contribution in [0.25, 0.3) is 0 Å². The van der Waals surface area contributed by atoms with E-state index >= 15 is 0 Å². The first-order valence-corrected chi connectivity index (χ1v) is 15.7. The molecule has 39 heavy (non-hydrogen) atoms. The van der Waals surface area contributed by atoms with Gasteiger partial charge in [-0.15, -0.1) is 11.8 Å². The van der Waals surface area contributed by atoms with Gasteiger partial charge in [-0.25, -0.2) is 4.79 Å². The molecule has 0 saturated carbocycles. The molecule has 0 amide bonds. The third-order valence-corrected chi connectivity index (χ3v) is 9.68. The fourth-order valence-electron chi connectivity index (χ4n) is 4.91. The number of nitro groups is 1. The molecule has 0 bridgehead atoms. The third kappa shape index (κ3) is 7.24. The first-order valence-electron chi connectivity index (χ1n) is 12.7. The number of non-ortho nitro benzene ring substituents is 1. The van der Waals surface area contributed by atoms with Gasteiger partial charge in [0, 0.05) is 41.6 Å². The second kappa shape index (κ2) is 13.0. The second-order valence-electron chi connectivity index (χ2n) is 9.74. The van der Waals surface area contributed by atoms with Crippen LogP contribution in [0.1, 0.15) is 52.4 Å². The molecule has 3 N–H and O–H groups in total. The topological polar surface area (TPSA) is 133 Å². The van der Waals surface area contributed by atoms with Crippen LogP contribution in [0.2, 0.25) is 0 Å². The van der Waals surface area contributed by atoms with Gasteiger partial charge in [0.2, 0.25) is 5.83 Å². The molecule has 0 fully saturated rings. The quantitative estimate of drug-likeness (QED) is 0.0744. The number of hydrogen-bond donors (Lipinski definition) is 3. The summed E-state index contributed by atoms with van der Waals surface area (Å²) >= 11 is 1.27. The zero-order valence-corrected chi connectivity index (χ0v) is 23.9. The Balaban J connectivity index is 2.25. The van der Waals surface area contributed by atoms with Crippen molar-refractivity contribution in [3.8, 4) is 5.75 Å². The van der Waals surface area contributed by atoms with E-state index in [0.717, 1.165) is 38.5 Å². The van der Waals surface area contributed by atoms with Crippen LogP contribution in [0.5, 0.6) is 5.75 Å². The molecule has 9 nitrogen and oxygen atoms in total. The van der Waals surface area contributed by atoms with Crippen molar-refractivity contribution >= 4 is 45.4 Å². The average molecular weight is 583 g/mol. The molecular formula is C27H35FN2O7S2. The minimum atomic E-state index is -3.38. The maximum Gasteiger partial charge on any atom is 0.368 e. The van der Waals surface area contributed by atoms with Gasteiger partial charge in [0.1, 0.15) is 12.0 Å². The van der Waals surface area contributed by atoms with E-state index in [1.807, 2.05) is 4.90 Å². The molecule has 0 saturated heterocycles. The first kappa shape index (κ1) is 30.7. The van der Waals surface area contributed by atoms with E-state index in [-0.39, 0.29) is 22.1 Å². The van der Waals surface area contributed by atoms with Crippen LogP contribution in [0.4, 0.5) is 21.5 Å². The molecule has 0 aliphatic carbocycles. The number of carboxylic acids is 1. The molecule has 0 aromatic heterocycles. The van der Waals surface area contributed by atoms with Gasteiger partial charge >= 0.3 is 5.97 Å². The average Bonchev–Trinajstić information content (AvgIpc) is 3.00. The number of carboxylic acid groups (broad SMARTS) is 1. The number of nitrogens with zero attached hydrogens (tertiary/aromatic N) is 2. The van der Waals surface area contributed by atoms with Gasteiger partial charge in [-0.2, -0.15) is 15.0 Å². The third-order valence-electron chi connectivity index (χ3n) is 6.88. The molecule has 1 aliphatic rings. The number of halogens is 1. The summed E-state index contributed by atoms with van der Waals surface area (Å²) in [7, 11) is -3.38. The lowest BCUT2D eigenvalue weighted by molar-refractivity contribution is -0.384. The molecule has 0 spiro atoms. The summed E-state index contributed by atoms with van der Waals surface area (Å²) in [5.41, 5.74) is 0.663. The Morgan fingerprint density at radius 3 is 2.33 bits per heavy atom. The minimum Gasteiger partial charge on any atom is -0.476 e. The van der Waals surface area contributed by atoms with Crippen molar-refractivity contribution in [2.75, 3.05) is 23.5 Å². The van der Waals surface area contributed by atoms with Crippen molar-refractivity contribution in [2.24, 2.45) is 5.41 Å². The van der Waals surface area contributed by atoms with Crippen molar-refractivity contribution in [1.82, 2.24) is 0 Å². The summed E-state index contributed by atoms with van der Waals surface area (Å²) in [6.07, 6.45) is 7.45. The highest BCUT2D eigenvalue weighted by Gasteiger charge is 2.42. The standard InChI is InChI=1S/C27H35FN2O7S2/c1-4-6-12-27(13-7-5-2)17-29(19-8-10-20(11-9-19)30(33)34)22-14-24(38-3)23(37-16-21(28)26(31)32)15-25(22)39(35,36)18-27/h8-11,14-16,35-36H,4-7,12-13,17-18H2,1-3H3,(H,31,32)/b21-16-. The van der Waals surface area contributed by atoms with E-state index in [1.165, 1.54) is 30.0 Å². The number of unbranched alkanes of at least 4 members (excludes halogenated alkanes) is 2. The summed E-state index contributed by atoms with van der Waals surface area (Å²) in [6, 6.07) is 9.30. The fraction of sp³-hybridized carbons (Fsp3) is 0.444. The number of carbonyl (C=O) groups is 1. The van der Waals surface area contributed by atoms with Gasteiger partial charge in [-0.3, -0.25) is 19.2 Å². The highest BCUT2D eigenvalue weighted by Crippen LogP contribution is 2.62. The predicted molar refractivity (Wildman–Crippen MR) is 153 cm³/mol. The van der Waals surface area contributed by atoms with Gasteiger partial charge in [-0.05, 0) is 37.3 Å². The Bertz CT molecular complexity index is 1210. The van der Waals surface area contributed by atoms with E-state index in [4.69, 9.17) is 9.84 Å². The van der Waals surface area contributed by atoms with Gasteiger partial charge in [0.15, 0.2) is 0 Å². The number of fused-ring (bicyclic) bond motifs is 1. The molecule has 2 aromatic rings. The largest absolute Gasteiger partial charge is 0.476 e. The van der Waals surface area contributed by atoms with Crippen LogP contribution < -0.4 is 9.64 Å². The number of anilines is 2. The van der Waals surface area contributed by atoms with Crippen LogP contribution in [0, 0.1) is 15.5 Å². The number of thioether (sulfide) groups is 1. The van der Waals surface area contributed by atoms with Gasteiger partial charge in [0.05, 0.1) is 20.4 Å². The van der Waals surface area contributed by atoms with Gasteiger partial charge < -0.3 is 14.7 Å². The molecule has 0 atom stereocenters. The molecule has 3 rings (SSSR count). The number of nitro benzene ring substituents is 1. The maximum absolute atomic E-state index is 13.7. The van der Waals surface area contributed by atoms with E-state index < -0.39 is 32.7 Å². The van der Waals surface area contributed by atoms with E-state index in [2.05, 4.69) is 13.8 Å². The molecule has 0 radical (unpaired) electrons. The molecule has 1 heterocycles. The zero-order chi connectivity index (χ0) is 28.8. The summed E-state index contributed by atoms with van der Waals surface area (Å²) in [4.78, 5) is 24.4. The fourth-order valence-corrected chi connectivity index (χ4v) is 7.63. The van der Waals surface area contributed by atoms with E-state index in [1.54, 1.807) is 24.5 Å². The van der Waals surface area contributed by atoms with Crippen LogP contribution >= 0.6 is 22.4 Å². The normalized spacial score (nSPS) is 17.2. The smallest absolute Gasteiger partial charge is 0.368 e. The Kier molecular flexibility index (Phi) is 10.3. The zero-order valence-electron chi connectivity index (χ0n) is 22.3. The SMILES string of the molecule is CCCCC1(CCCC)CN(c2ccc([N+](=O)[O-])cc2)c2cc(SC)c(O/C=C(\F)C(=O)O)cc2S(O)(O)C1. The van der Waals surface area contributed by atoms with Crippen LogP contribution in [-0.2, 0) is 4.79 Å². The summed E-state index contributed by atoms with van der Waals surface area (Å²) < 4.78 is 42.4. The Labute approximate surface area is 233 Å². The maximum atomic E-state index is 13.7. The molecule has 2 aromatic carbocycles. The second-order valence-corrected chi connectivity index (χ2v) is 12.6. The highest BCUT2D eigenvalue weighted by molar-refractivity contribution is 8.24. The van der Waals surface area contributed by atoms with E-state index in [0.29, 0.717) is 29.1 Å². The summed E-state index contributed by atoms with van der Waals surface area (Å²) in [5, 5.41) is 20.1. The lowest BCUT2D eigenvalue weighted by atomic mass is 9.79. The summed E-state index contributed by atoms with van der Waals surface area (Å²) in [6.45, 7) is 4.64. The Hall–Kier alpha value is -2.80. The minimum absolute atomic E-state index is 0.0536. The number of hydrogen-bond acceptors (Lipinski definition) is 8. The molecule has 0 unspecified atom stereocenters. The first-order chi connectivity index (χ1) is 18.5. The number of aliphatic carboxylic acids is 1. The van der Waals surface area contributed by atoms with Gasteiger partial charge in [0.25, 0.3) is 5.69 Å². The van der Waals surface area contributed by atoms with Crippen molar-refractivity contribution in [3.63, 3.8) is 0 Å². The van der Waals surface area contributed by atoms with Crippen molar-refractivity contribution in [1.29, 1.82) is 0 Å². The number of ether oxygens (including phenoxy) is 1. The lowest BCUT2D eigenvalue weighted by Gasteiger charge is -2.42. The molecule has 12 heteroatoms. The summed E-state index contributed by atoms with van der Waals surface area (Å²) in [5.74, 6) is -3.06.